The fourth-order valence-corrected chi connectivity index (χ4v) is 2.78. The van der Waals surface area contributed by atoms with Crippen LogP contribution < -0.4 is 5.32 Å². The van der Waals surface area contributed by atoms with Crippen molar-refractivity contribution in [1.29, 1.82) is 0 Å². The molecule has 2 heterocycles. The van der Waals surface area contributed by atoms with E-state index in [0.29, 0.717) is 27.1 Å². The molecule has 2 aromatic rings. The van der Waals surface area contributed by atoms with E-state index in [2.05, 4.69) is 10.4 Å². The molecule has 0 aliphatic heterocycles. The molecule has 0 saturated carbocycles. The first-order valence-electron chi connectivity index (χ1n) is 6.70. The molecule has 0 spiro atoms. The first kappa shape index (κ1) is 17.2. The van der Waals surface area contributed by atoms with E-state index in [9.17, 15) is 4.79 Å². The highest BCUT2D eigenvalue weighted by Gasteiger charge is 2.12. The average molecular weight is 362 g/mol. The van der Waals surface area contributed by atoms with E-state index >= 15 is 0 Å². The highest BCUT2D eigenvalue weighted by Crippen LogP contribution is 2.21. The Balaban J connectivity index is 2.18. The van der Waals surface area contributed by atoms with Crippen LogP contribution in [0.3, 0.4) is 0 Å². The van der Waals surface area contributed by atoms with Crippen molar-refractivity contribution in [2.75, 3.05) is 13.6 Å². The SMILES string of the molecule is CC(C)NC(=O)CN(C)Cn1nc2c(Cl)cc(Cl)cn2c1=S. The molecular formula is C13H17Cl2N5OS. The van der Waals surface area contributed by atoms with Gasteiger partial charge in [-0.3, -0.25) is 14.1 Å². The third-order valence-corrected chi connectivity index (χ3v) is 3.73. The second kappa shape index (κ2) is 6.95. The van der Waals surface area contributed by atoms with Crippen LogP contribution in [0.5, 0.6) is 0 Å². The Hall–Kier alpha value is -1.15. The second-order valence-electron chi connectivity index (χ2n) is 5.36. The molecule has 1 N–H and O–H groups in total. The summed E-state index contributed by atoms with van der Waals surface area (Å²) < 4.78 is 3.73. The zero-order chi connectivity index (χ0) is 16.4. The Morgan fingerprint density at radius 2 is 2.18 bits per heavy atom. The van der Waals surface area contributed by atoms with Gasteiger partial charge in [0, 0.05) is 12.2 Å². The molecule has 9 heteroatoms. The molecule has 0 aromatic carbocycles. The number of carbonyl (C=O) groups excluding carboxylic acids is 1. The maximum Gasteiger partial charge on any atom is 0.234 e. The second-order valence-corrected chi connectivity index (χ2v) is 6.57. The summed E-state index contributed by atoms with van der Waals surface area (Å²) in [5.74, 6) is -0.0474. The molecule has 2 rings (SSSR count). The first-order valence-corrected chi connectivity index (χ1v) is 7.86. The summed E-state index contributed by atoms with van der Waals surface area (Å²) in [7, 11) is 1.82. The summed E-state index contributed by atoms with van der Waals surface area (Å²) in [5.41, 5.74) is 0.538. The van der Waals surface area contributed by atoms with Crippen LogP contribution in [0.25, 0.3) is 5.65 Å². The molecule has 0 unspecified atom stereocenters. The molecule has 22 heavy (non-hydrogen) atoms. The summed E-state index contributed by atoms with van der Waals surface area (Å²) in [6.07, 6.45) is 1.67. The van der Waals surface area contributed by atoms with E-state index in [4.69, 9.17) is 35.4 Å². The Morgan fingerprint density at radius 3 is 2.82 bits per heavy atom. The van der Waals surface area contributed by atoms with Gasteiger partial charge in [0.25, 0.3) is 0 Å². The summed E-state index contributed by atoms with van der Waals surface area (Å²) in [6.45, 7) is 4.46. The fourth-order valence-electron chi connectivity index (χ4n) is 2.03. The Morgan fingerprint density at radius 1 is 1.50 bits per heavy atom. The highest BCUT2D eigenvalue weighted by atomic mass is 35.5. The van der Waals surface area contributed by atoms with Crippen molar-refractivity contribution in [2.45, 2.75) is 26.6 Å². The summed E-state index contributed by atoms with van der Waals surface area (Å²) in [6, 6.07) is 1.73. The fraction of sp³-hybridized carbons (Fsp3) is 0.462. The van der Waals surface area contributed by atoms with Crippen LogP contribution >= 0.6 is 35.4 Å². The van der Waals surface area contributed by atoms with Gasteiger partial charge in [-0.15, -0.1) is 5.10 Å². The lowest BCUT2D eigenvalue weighted by molar-refractivity contribution is -0.122. The summed E-state index contributed by atoms with van der Waals surface area (Å²) >= 11 is 17.5. The molecule has 0 aliphatic carbocycles. The number of carbonyl (C=O) groups is 1. The van der Waals surface area contributed by atoms with Gasteiger partial charge in [-0.25, -0.2) is 4.68 Å². The number of pyridine rings is 1. The largest absolute Gasteiger partial charge is 0.353 e. The van der Waals surface area contributed by atoms with Crippen LogP contribution in [0, 0.1) is 4.77 Å². The monoisotopic (exact) mass is 361 g/mol. The van der Waals surface area contributed by atoms with Crippen LogP contribution in [0.1, 0.15) is 13.8 Å². The first-order chi connectivity index (χ1) is 10.3. The lowest BCUT2D eigenvalue weighted by atomic mass is 10.4. The predicted molar refractivity (Wildman–Crippen MR) is 89.9 cm³/mol. The van der Waals surface area contributed by atoms with Crippen molar-refractivity contribution >= 4 is 47.0 Å². The van der Waals surface area contributed by atoms with Gasteiger partial charge < -0.3 is 5.32 Å². The third-order valence-electron chi connectivity index (χ3n) is 2.84. The lowest BCUT2D eigenvalue weighted by Crippen LogP contribution is -2.39. The minimum Gasteiger partial charge on any atom is -0.353 e. The lowest BCUT2D eigenvalue weighted by Gasteiger charge is -2.17. The number of likely N-dealkylation sites (N-methyl/N-ethyl adjacent to an activating group) is 1. The summed E-state index contributed by atoms with van der Waals surface area (Å²) in [5, 5.41) is 8.12. The van der Waals surface area contributed by atoms with E-state index in [1.54, 1.807) is 21.3 Å². The number of nitrogens with one attached hydrogen (secondary N) is 1. The Bertz CT molecular complexity index is 755. The number of nitrogens with zero attached hydrogens (tertiary/aromatic N) is 4. The van der Waals surface area contributed by atoms with Crippen LogP contribution in [-0.4, -0.2) is 44.6 Å². The number of hydrogen-bond acceptors (Lipinski definition) is 4. The van der Waals surface area contributed by atoms with Crippen molar-refractivity contribution in [3.63, 3.8) is 0 Å². The van der Waals surface area contributed by atoms with Gasteiger partial charge in [-0.1, -0.05) is 23.2 Å². The van der Waals surface area contributed by atoms with E-state index in [0.717, 1.165) is 0 Å². The third kappa shape index (κ3) is 3.98. The molecule has 120 valence electrons. The quantitative estimate of drug-likeness (QED) is 0.831. The van der Waals surface area contributed by atoms with Crippen molar-refractivity contribution in [3.05, 3.63) is 27.1 Å². The normalized spacial score (nSPS) is 11.6. The van der Waals surface area contributed by atoms with Crippen molar-refractivity contribution in [2.24, 2.45) is 0 Å². The number of amides is 1. The highest BCUT2D eigenvalue weighted by molar-refractivity contribution is 7.71. The number of aromatic nitrogens is 3. The molecule has 2 aromatic heterocycles. The minimum absolute atomic E-state index is 0.0474. The van der Waals surface area contributed by atoms with Crippen molar-refractivity contribution < 1.29 is 4.79 Å². The van der Waals surface area contributed by atoms with Crippen molar-refractivity contribution in [3.8, 4) is 0 Å². The summed E-state index contributed by atoms with van der Waals surface area (Å²) in [4.78, 5) is 13.6. The van der Waals surface area contributed by atoms with Gasteiger partial charge in [0.05, 0.1) is 23.3 Å². The average Bonchev–Trinajstić information content (AvgIpc) is 2.66. The van der Waals surface area contributed by atoms with E-state index < -0.39 is 0 Å². The van der Waals surface area contributed by atoms with Gasteiger partial charge in [-0.05, 0) is 39.2 Å². The van der Waals surface area contributed by atoms with Crippen molar-refractivity contribution in [1.82, 2.24) is 24.4 Å². The molecule has 6 nitrogen and oxygen atoms in total. The van der Waals surface area contributed by atoms with Gasteiger partial charge in [0.1, 0.15) is 0 Å². The molecule has 1 amide bonds. The molecular weight excluding hydrogens is 345 g/mol. The molecule has 0 bridgehead atoms. The van der Waals surface area contributed by atoms with Crippen LogP contribution in [0.4, 0.5) is 0 Å². The number of hydrogen-bond donors (Lipinski definition) is 1. The minimum atomic E-state index is -0.0474. The van der Waals surface area contributed by atoms with E-state index in [-0.39, 0.29) is 18.5 Å². The molecule has 0 aliphatic rings. The maximum atomic E-state index is 11.8. The Labute approximate surface area is 143 Å². The smallest absolute Gasteiger partial charge is 0.234 e. The van der Waals surface area contributed by atoms with Gasteiger partial charge in [0.15, 0.2) is 5.65 Å². The van der Waals surface area contributed by atoms with Crippen LogP contribution in [-0.2, 0) is 11.5 Å². The van der Waals surface area contributed by atoms with Crippen LogP contribution in [0.2, 0.25) is 10.0 Å². The predicted octanol–water partition coefficient (Wildman–Crippen LogP) is 2.59. The molecule has 0 atom stereocenters. The van der Waals surface area contributed by atoms with E-state index in [1.165, 1.54) is 0 Å². The zero-order valence-electron chi connectivity index (χ0n) is 12.5. The maximum absolute atomic E-state index is 11.8. The van der Waals surface area contributed by atoms with Gasteiger partial charge in [0.2, 0.25) is 10.7 Å². The molecule has 0 radical (unpaired) electrons. The number of halogens is 2. The number of rotatable bonds is 5. The Kier molecular flexibility index (Phi) is 5.44. The standard InChI is InChI=1S/C13H17Cl2N5OS/c1-8(2)16-11(21)6-18(3)7-20-13(22)19-5-9(14)4-10(15)12(19)17-20/h4-5,8H,6-7H2,1-3H3,(H,16,21). The molecule has 0 fully saturated rings. The zero-order valence-corrected chi connectivity index (χ0v) is 14.8. The van der Waals surface area contributed by atoms with Crippen LogP contribution in [0.15, 0.2) is 12.3 Å². The van der Waals surface area contributed by atoms with Gasteiger partial charge >= 0.3 is 0 Å². The molecule has 0 saturated heterocycles. The number of fused-ring (bicyclic) bond motifs is 1. The van der Waals surface area contributed by atoms with Gasteiger partial charge in [-0.2, -0.15) is 0 Å². The topological polar surface area (TPSA) is 54.6 Å². The van der Waals surface area contributed by atoms with E-state index in [1.807, 2.05) is 25.8 Å².